The fourth-order valence-electron chi connectivity index (χ4n) is 2.06. The number of halogens is 1. The van der Waals surface area contributed by atoms with E-state index in [1.54, 1.807) is 0 Å². The first-order valence-electron chi connectivity index (χ1n) is 6.85. The third-order valence-corrected chi connectivity index (χ3v) is 3.93. The van der Waals surface area contributed by atoms with Crippen LogP contribution in [0.3, 0.4) is 0 Å². The largest absolute Gasteiger partial charge is 0.316 e. The highest BCUT2D eigenvalue weighted by Gasteiger charge is 2.19. The van der Waals surface area contributed by atoms with Crippen LogP contribution in [0.15, 0.2) is 28.7 Å². The molecule has 0 aliphatic carbocycles. The molecule has 0 bridgehead atoms. The molecule has 2 heteroatoms. The Labute approximate surface area is 120 Å². The van der Waals surface area contributed by atoms with Gasteiger partial charge in [0.1, 0.15) is 0 Å². The van der Waals surface area contributed by atoms with Crippen molar-refractivity contribution in [3.05, 3.63) is 34.3 Å². The van der Waals surface area contributed by atoms with Crippen molar-refractivity contribution in [3.63, 3.8) is 0 Å². The molecule has 0 aromatic heterocycles. The molecule has 18 heavy (non-hydrogen) atoms. The zero-order chi connectivity index (χ0) is 13.6. The minimum Gasteiger partial charge on any atom is -0.316 e. The van der Waals surface area contributed by atoms with Gasteiger partial charge in [0.25, 0.3) is 0 Å². The lowest BCUT2D eigenvalue weighted by atomic mass is 9.82. The van der Waals surface area contributed by atoms with Crippen LogP contribution in [0.5, 0.6) is 0 Å². The average molecular weight is 312 g/mol. The zero-order valence-electron chi connectivity index (χ0n) is 12.1. The first kappa shape index (κ1) is 15.7. The maximum Gasteiger partial charge on any atom is 0.0207 e. The number of hydrogen-bond donors (Lipinski definition) is 1. The molecule has 0 amide bonds. The summed E-state index contributed by atoms with van der Waals surface area (Å²) >= 11 is 3.63. The highest BCUT2D eigenvalue weighted by atomic mass is 79.9. The fourth-order valence-corrected chi connectivity index (χ4v) is 2.49. The number of nitrogens with one attached hydrogen (secondary N) is 1. The van der Waals surface area contributed by atoms with Crippen LogP contribution in [-0.2, 0) is 6.42 Å². The summed E-state index contributed by atoms with van der Waals surface area (Å²) in [5.74, 6) is 0.733. The van der Waals surface area contributed by atoms with Gasteiger partial charge in [0, 0.05) is 4.47 Å². The van der Waals surface area contributed by atoms with Gasteiger partial charge in [-0.25, -0.2) is 0 Å². The lowest BCUT2D eigenvalue weighted by molar-refractivity contribution is 0.322. The first-order valence-corrected chi connectivity index (χ1v) is 7.64. The molecule has 0 heterocycles. The normalized spacial score (nSPS) is 12.1. The molecule has 0 aliphatic rings. The summed E-state index contributed by atoms with van der Waals surface area (Å²) < 4.78 is 1.23. The maximum absolute atomic E-state index is 3.63. The van der Waals surface area contributed by atoms with Crippen molar-refractivity contribution in [1.29, 1.82) is 0 Å². The molecule has 0 fully saturated rings. The van der Waals surface area contributed by atoms with Crippen LogP contribution < -0.4 is 5.32 Å². The molecule has 0 aliphatic heterocycles. The number of hydrogen-bond acceptors (Lipinski definition) is 1. The van der Waals surface area contributed by atoms with E-state index in [-0.39, 0.29) is 0 Å². The van der Waals surface area contributed by atoms with Crippen molar-refractivity contribution in [2.24, 2.45) is 11.3 Å². The SMILES string of the molecule is CC(C)CNCCC(C)(C)Cc1ccccc1Br. The zero-order valence-corrected chi connectivity index (χ0v) is 13.7. The molecule has 1 N–H and O–H groups in total. The van der Waals surface area contributed by atoms with Crippen LogP contribution in [-0.4, -0.2) is 13.1 Å². The Kier molecular flexibility index (Phi) is 6.37. The Hall–Kier alpha value is -0.340. The van der Waals surface area contributed by atoms with Crippen LogP contribution in [0.4, 0.5) is 0 Å². The molecule has 1 nitrogen and oxygen atoms in total. The van der Waals surface area contributed by atoms with E-state index in [0.717, 1.165) is 25.4 Å². The van der Waals surface area contributed by atoms with Crippen LogP contribution in [0.25, 0.3) is 0 Å². The smallest absolute Gasteiger partial charge is 0.0207 e. The number of rotatable bonds is 7. The van der Waals surface area contributed by atoms with Crippen LogP contribution in [0.1, 0.15) is 39.7 Å². The van der Waals surface area contributed by atoms with Crippen molar-refractivity contribution < 1.29 is 0 Å². The van der Waals surface area contributed by atoms with E-state index in [2.05, 4.69) is 73.2 Å². The average Bonchev–Trinajstić information content (AvgIpc) is 2.27. The molecule has 1 aromatic carbocycles. The first-order chi connectivity index (χ1) is 8.41. The maximum atomic E-state index is 3.63. The molecular weight excluding hydrogens is 286 g/mol. The van der Waals surface area contributed by atoms with E-state index in [4.69, 9.17) is 0 Å². The topological polar surface area (TPSA) is 12.0 Å². The summed E-state index contributed by atoms with van der Waals surface area (Å²) in [6.07, 6.45) is 2.33. The van der Waals surface area contributed by atoms with Gasteiger partial charge in [-0.05, 0) is 48.9 Å². The minimum absolute atomic E-state index is 0.341. The van der Waals surface area contributed by atoms with Crippen molar-refractivity contribution in [2.75, 3.05) is 13.1 Å². The van der Waals surface area contributed by atoms with Crippen molar-refractivity contribution in [1.82, 2.24) is 5.32 Å². The molecular formula is C16H26BrN. The summed E-state index contributed by atoms with van der Waals surface area (Å²) in [5, 5.41) is 3.53. The molecule has 102 valence electrons. The second kappa shape index (κ2) is 7.30. The van der Waals surface area contributed by atoms with E-state index in [1.807, 2.05) is 0 Å². The van der Waals surface area contributed by atoms with Gasteiger partial charge in [-0.2, -0.15) is 0 Å². The van der Waals surface area contributed by atoms with Gasteiger partial charge in [-0.1, -0.05) is 61.8 Å². The minimum atomic E-state index is 0.341. The standard InChI is InChI=1S/C16H26BrN/c1-13(2)12-18-10-9-16(3,4)11-14-7-5-6-8-15(14)17/h5-8,13,18H,9-12H2,1-4H3. The summed E-state index contributed by atoms with van der Waals surface area (Å²) in [7, 11) is 0. The second-order valence-corrected chi connectivity index (χ2v) is 7.13. The molecule has 1 rings (SSSR count). The van der Waals surface area contributed by atoms with E-state index in [1.165, 1.54) is 16.5 Å². The highest BCUT2D eigenvalue weighted by molar-refractivity contribution is 9.10. The third kappa shape index (κ3) is 6.01. The van der Waals surface area contributed by atoms with Gasteiger partial charge < -0.3 is 5.32 Å². The van der Waals surface area contributed by atoms with Gasteiger partial charge in [-0.3, -0.25) is 0 Å². The second-order valence-electron chi connectivity index (χ2n) is 6.28. The fraction of sp³-hybridized carbons (Fsp3) is 0.625. The van der Waals surface area contributed by atoms with E-state index < -0.39 is 0 Å². The third-order valence-electron chi connectivity index (χ3n) is 3.16. The van der Waals surface area contributed by atoms with Gasteiger partial charge in [-0.15, -0.1) is 0 Å². The predicted octanol–water partition coefficient (Wildman–Crippen LogP) is 4.65. The summed E-state index contributed by atoms with van der Waals surface area (Å²) in [6.45, 7) is 11.4. The Bertz CT molecular complexity index is 358. The molecule has 0 radical (unpaired) electrons. The predicted molar refractivity (Wildman–Crippen MR) is 84.0 cm³/mol. The molecule has 0 spiro atoms. The van der Waals surface area contributed by atoms with Crippen molar-refractivity contribution in [2.45, 2.75) is 40.5 Å². The molecule has 0 atom stereocenters. The summed E-state index contributed by atoms with van der Waals surface area (Å²) in [6, 6.07) is 8.54. The van der Waals surface area contributed by atoms with Gasteiger partial charge in [0.15, 0.2) is 0 Å². The Morgan fingerprint density at radius 3 is 2.50 bits per heavy atom. The van der Waals surface area contributed by atoms with Gasteiger partial charge >= 0.3 is 0 Å². The van der Waals surface area contributed by atoms with E-state index >= 15 is 0 Å². The van der Waals surface area contributed by atoms with Crippen LogP contribution in [0.2, 0.25) is 0 Å². The molecule has 0 saturated heterocycles. The van der Waals surface area contributed by atoms with Gasteiger partial charge in [0.2, 0.25) is 0 Å². The van der Waals surface area contributed by atoms with Crippen LogP contribution >= 0.6 is 15.9 Å². The molecule has 0 unspecified atom stereocenters. The Morgan fingerprint density at radius 1 is 1.22 bits per heavy atom. The molecule has 1 aromatic rings. The Morgan fingerprint density at radius 2 is 1.89 bits per heavy atom. The van der Waals surface area contributed by atoms with Crippen LogP contribution in [0, 0.1) is 11.3 Å². The Balaban J connectivity index is 2.42. The van der Waals surface area contributed by atoms with E-state index in [9.17, 15) is 0 Å². The van der Waals surface area contributed by atoms with E-state index in [0.29, 0.717) is 5.41 Å². The van der Waals surface area contributed by atoms with Crippen molar-refractivity contribution in [3.8, 4) is 0 Å². The van der Waals surface area contributed by atoms with Gasteiger partial charge in [0.05, 0.1) is 0 Å². The monoisotopic (exact) mass is 311 g/mol. The molecule has 0 saturated carbocycles. The summed E-state index contributed by atoms with van der Waals surface area (Å²) in [4.78, 5) is 0. The lowest BCUT2D eigenvalue weighted by Crippen LogP contribution is -2.26. The quantitative estimate of drug-likeness (QED) is 0.722. The van der Waals surface area contributed by atoms with Crippen molar-refractivity contribution >= 4 is 15.9 Å². The number of benzene rings is 1. The highest BCUT2D eigenvalue weighted by Crippen LogP contribution is 2.29. The lowest BCUT2D eigenvalue weighted by Gasteiger charge is -2.25. The summed E-state index contributed by atoms with van der Waals surface area (Å²) in [5.41, 5.74) is 1.75.